The van der Waals surface area contributed by atoms with Gasteiger partial charge in [0.15, 0.2) is 0 Å². The summed E-state index contributed by atoms with van der Waals surface area (Å²) in [5.41, 5.74) is 0.422. The Bertz CT molecular complexity index is 823. The highest BCUT2D eigenvalue weighted by atomic mass is 32.2. The molecule has 24 heavy (non-hydrogen) atoms. The van der Waals surface area contributed by atoms with Gasteiger partial charge in [-0.1, -0.05) is 24.3 Å². The third-order valence-electron chi connectivity index (χ3n) is 3.17. The Morgan fingerprint density at radius 1 is 1.08 bits per heavy atom. The number of para-hydroxylation sites is 1. The highest BCUT2D eigenvalue weighted by Crippen LogP contribution is 2.20. The van der Waals surface area contributed by atoms with Crippen molar-refractivity contribution >= 4 is 21.6 Å². The van der Waals surface area contributed by atoms with Gasteiger partial charge in [0, 0.05) is 6.42 Å². The van der Waals surface area contributed by atoms with Crippen molar-refractivity contribution in [3.8, 4) is 0 Å². The Kier molecular flexibility index (Phi) is 5.63. The summed E-state index contributed by atoms with van der Waals surface area (Å²) in [6.07, 6.45) is 0.686. The average molecular weight is 354 g/mol. The molecule has 0 saturated heterocycles. The zero-order valence-electron chi connectivity index (χ0n) is 12.8. The van der Waals surface area contributed by atoms with Gasteiger partial charge in [-0.3, -0.25) is 4.79 Å². The summed E-state index contributed by atoms with van der Waals surface area (Å²) in [6, 6.07) is 9.84. The number of rotatable bonds is 6. The molecule has 8 heteroatoms. The van der Waals surface area contributed by atoms with Gasteiger partial charge in [0.1, 0.15) is 11.6 Å². The number of hydrogen-bond donors (Lipinski definition) is 2. The van der Waals surface area contributed by atoms with E-state index < -0.39 is 33.6 Å². The second-order valence-corrected chi connectivity index (χ2v) is 7.01. The van der Waals surface area contributed by atoms with Crippen LogP contribution < -0.4 is 10.0 Å². The number of hydrogen-bond acceptors (Lipinski definition) is 3. The number of halogens is 2. The molecule has 0 heterocycles. The van der Waals surface area contributed by atoms with Crippen molar-refractivity contribution in [3.63, 3.8) is 0 Å². The maximum atomic E-state index is 13.6. The van der Waals surface area contributed by atoms with E-state index in [9.17, 15) is 22.0 Å². The lowest BCUT2D eigenvalue weighted by Gasteiger charge is -2.18. The minimum atomic E-state index is -3.61. The lowest BCUT2D eigenvalue weighted by atomic mass is 10.0. The van der Waals surface area contributed by atoms with Gasteiger partial charge >= 0.3 is 0 Å². The number of carbonyl (C=O) groups excluding carboxylic acids is 1. The molecule has 0 radical (unpaired) electrons. The Labute approximate surface area is 138 Å². The number of benzene rings is 2. The Hall–Kier alpha value is -2.32. The third-order valence-corrected chi connectivity index (χ3v) is 3.88. The Morgan fingerprint density at radius 2 is 1.71 bits per heavy atom. The molecular weight excluding hydrogens is 338 g/mol. The van der Waals surface area contributed by atoms with E-state index in [2.05, 4.69) is 10.0 Å². The molecule has 0 spiro atoms. The predicted octanol–water partition coefficient (Wildman–Crippen LogP) is 2.58. The number of amides is 1. The second-order valence-electron chi connectivity index (χ2n) is 5.23. The summed E-state index contributed by atoms with van der Waals surface area (Å²) in [4.78, 5) is 12.1. The van der Waals surface area contributed by atoms with Gasteiger partial charge in [0.25, 0.3) is 0 Å². The molecule has 2 N–H and O–H groups in total. The fourth-order valence-corrected chi connectivity index (χ4v) is 2.87. The third kappa shape index (κ3) is 5.39. The first-order chi connectivity index (χ1) is 11.2. The van der Waals surface area contributed by atoms with Gasteiger partial charge in [-0.05, 0) is 29.8 Å². The van der Waals surface area contributed by atoms with E-state index in [0.717, 1.165) is 6.26 Å². The molecule has 0 aliphatic carbocycles. The number of nitrogens with one attached hydrogen (secondary N) is 2. The van der Waals surface area contributed by atoms with Gasteiger partial charge in [0.05, 0.1) is 18.0 Å². The quantitative estimate of drug-likeness (QED) is 0.837. The standard InChI is InChI=1S/C16H16F2N2O3S/c1-24(22,23)20-15(11-6-8-12(17)9-7-11)10-16(21)19-14-5-3-2-4-13(14)18/h2-9,15,20H,10H2,1H3,(H,19,21)/t15-/m1/s1. The van der Waals surface area contributed by atoms with Crippen LogP contribution in [-0.2, 0) is 14.8 Å². The molecule has 2 aromatic carbocycles. The van der Waals surface area contributed by atoms with Crippen molar-refractivity contribution in [1.29, 1.82) is 0 Å². The van der Waals surface area contributed by atoms with Crippen LogP contribution in [-0.4, -0.2) is 20.6 Å². The molecule has 1 atom stereocenters. The molecule has 2 aromatic rings. The number of carbonyl (C=O) groups is 1. The van der Waals surface area contributed by atoms with E-state index in [1.807, 2.05) is 0 Å². The van der Waals surface area contributed by atoms with Crippen molar-refractivity contribution < 1.29 is 22.0 Å². The Morgan fingerprint density at radius 3 is 2.29 bits per heavy atom. The number of sulfonamides is 1. The van der Waals surface area contributed by atoms with E-state index in [1.54, 1.807) is 6.07 Å². The van der Waals surface area contributed by atoms with E-state index in [4.69, 9.17) is 0 Å². The fraction of sp³-hybridized carbons (Fsp3) is 0.188. The molecule has 0 bridgehead atoms. The predicted molar refractivity (Wildman–Crippen MR) is 86.8 cm³/mol. The summed E-state index contributed by atoms with van der Waals surface area (Å²) in [7, 11) is -3.61. The highest BCUT2D eigenvalue weighted by molar-refractivity contribution is 7.88. The van der Waals surface area contributed by atoms with Crippen LogP contribution in [0.5, 0.6) is 0 Å². The maximum Gasteiger partial charge on any atom is 0.226 e. The molecule has 0 fully saturated rings. The smallest absolute Gasteiger partial charge is 0.226 e. The van der Waals surface area contributed by atoms with Crippen LogP contribution in [0.15, 0.2) is 48.5 Å². The van der Waals surface area contributed by atoms with E-state index >= 15 is 0 Å². The summed E-state index contributed by atoms with van der Waals surface area (Å²) < 4.78 is 51.9. The normalized spacial score (nSPS) is 12.6. The lowest BCUT2D eigenvalue weighted by Crippen LogP contribution is -2.30. The summed E-state index contributed by atoms with van der Waals surface area (Å²) in [5, 5.41) is 2.38. The number of anilines is 1. The molecule has 0 aliphatic heterocycles. The van der Waals surface area contributed by atoms with Crippen molar-refractivity contribution in [2.75, 3.05) is 11.6 Å². The largest absolute Gasteiger partial charge is 0.324 e. The highest BCUT2D eigenvalue weighted by Gasteiger charge is 2.20. The van der Waals surface area contributed by atoms with Crippen LogP contribution >= 0.6 is 0 Å². The molecule has 0 aromatic heterocycles. The van der Waals surface area contributed by atoms with E-state index in [0.29, 0.717) is 5.56 Å². The topological polar surface area (TPSA) is 75.3 Å². The van der Waals surface area contributed by atoms with Crippen molar-refractivity contribution in [1.82, 2.24) is 4.72 Å². The van der Waals surface area contributed by atoms with Gasteiger partial charge in [-0.15, -0.1) is 0 Å². The van der Waals surface area contributed by atoms with Gasteiger partial charge in [0.2, 0.25) is 15.9 Å². The lowest BCUT2D eigenvalue weighted by molar-refractivity contribution is -0.116. The SMILES string of the molecule is CS(=O)(=O)N[C@H](CC(=O)Nc1ccccc1F)c1ccc(F)cc1. The van der Waals surface area contributed by atoms with Crippen LogP contribution in [0.2, 0.25) is 0 Å². The van der Waals surface area contributed by atoms with Crippen LogP contribution in [0.1, 0.15) is 18.0 Å². The van der Waals surface area contributed by atoms with Crippen molar-refractivity contribution in [2.24, 2.45) is 0 Å². The molecular formula is C16H16F2N2O3S. The second kappa shape index (κ2) is 7.50. The summed E-state index contributed by atoms with van der Waals surface area (Å²) in [5.74, 6) is -1.65. The molecule has 5 nitrogen and oxygen atoms in total. The Balaban J connectivity index is 2.17. The minimum Gasteiger partial charge on any atom is -0.324 e. The zero-order chi connectivity index (χ0) is 17.7. The zero-order valence-corrected chi connectivity index (χ0v) is 13.6. The van der Waals surface area contributed by atoms with Crippen molar-refractivity contribution in [2.45, 2.75) is 12.5 Å². The van der Waals surface area contributed by atoms with E-state index in [-0.39, 0.29) is 12.1 Å². The monoisotopic (exact) mass is 354 g/mol. The molecule has 0 saturated carbocycles. The summed E-state index contributed by atoms with van der Waals surface area (Å²) in [6.45, 7) is 0. The van der Waals surface area contributed by atoms with E-state index in [1.165, 1.54) is 42.5 Å². The van der Waals surface area contributed by atoms with Gasteiger partial charge in [-0.25, -0.2) is 21.9 Å². The minimum absolute atomic E-state index is 0.000267. The maximum absolute atomic E-state index is 13.6. The molecule has 0 unspecified atom stereocenters. The first-order valence-corrected chi connectivity index (χ1v) is 8.91. The molecule has 1 amide bonds. The van der Waals surface area contributed by atoms with Crippen LogP contribution in [0.3, 0.4) is 0 Å². The fourth-order valence-electron chi connectivity index (χ4n) is 2.13. The van der Waals surface area contributed by atoms with Crippen LogP contribution in [0, 0.1) is 11.6 Å². The van der Waals surface area contributed by atoms with Gasteiger partial charge < -0.3 is 5.32 Å². The van der Waals surface area contributed by atoms with Gasteiger partial charge in [-0.2, -0.15) is 0 Å². The average Bonchev–Trinajstić information content (AvgIpc) is 2.48. The molecule has 128 valence electrons. The molecule has 2 rings (SSSR count). The summed E-state index contributed by atoms with van der Waals surface area (Å²) >= 11 is 0. The first kappa shape index (κ1) is 18.0. The molecule has 0 aliphatic rings. The van der Waals surface area contributed by atoms with Crippen LogP contribution in [0.25, 0.3) is 0 Å². The van der Waals surface area contributed by atoms with Crippen molar-refractivity contribution in [3.05, 3.63) is 65.7 Å². The van der Waals surface area contributed by atoms with Crippen LogP contribution in [0.4, 0.5) is 14.5 Å². The first-order valence-electron chi connectivity index (χ1n) is 7.02.